The number of cyclic esters (lactones) is 1. The highest BCUT2D eigenvalue weighted by atomic mass is 35.5. The Hall–Kier alpha value is -3.23. The van der Waals surface area contributed by atoms with E-state index in [1.54, 1.807) is 23.6 Å². The van der Waals surface area contributed by atoms with Gasteiger partial charge in [-0.25, -0.2) is 9.78 Å². The van der Waals surface area contributed by atoms with Crippen molar-refractivity contribution >= 4 is 34.4 Å². The maximum absolute atomic E-state index is 13.5. The van der Waals surface area contributed by atoms with Gasteiger partial charge in [0.05, 0.1) is 35.1 Å². The average Bonchev–Trinajstić information content (AvgIpc) is 3.16. The van der Waals surface area contributed by atoms with E-state index < -0.39 is 11.6 Å². The topological polar surface area (TPSA) is 111 Å². The maximum atomic E-state index is 13.5. The molecule has 1 unspecified atom stereocenters. The molecule has 1 aliphatic carbocycles. The Labute approximate surface area is 199 Å². The summed E-state index contributed by atoms with van der Waals surface area (Å²) < 4.78 is 6.77. The van der Waals surface area contributed by atoms with E-state index in [9.17, 15) is 19.5 Å². The summed E-state index contributed by atoms with van der Waals surface area (Å²) in [6.07, 6.45) is 1.53. The Morgan fingerprint density at radius 3 is 2.85 bits per heavy atom. The van der Waals surface area contributed by atoms with Crippen LogP contribution in [-0.2, 0) is 39.5 Å². The molecular weight excluding hydrogens is 458 g/mol. The van der Waals surface area contributed by atoms with Gasteiger partial charge in [-0.1, -0.05) is 18.5 Å². The van der Waals surface area contributed by atoms with E-state index in [-0.39, 0.29) is 48.2 Å². The summed E-state index contributed by atoms with van der Waals surface area (Å²) in [6, 6.07) is 5.20. The molecule has 0 radical (unpaired) electrons. The number of amides is 1. The van der Waals surface area contributed by atoms with E-state index in [1.807, 2.05) is 6.07 Å². The summed E-state index contributed by atoms with van der Waals surface area (Å²) >= 11 is 6.39. The second kappa shape index (κ2) is 7.13. The lowest BCUT2D eigenvalue weighted by molar-refractivity contribution is -0.172. The van der Waals surface area contributed by atoms with Crippen LogP contribution >= 0.6 is 11.6 Å². The number of aryl methyl sites for hydroxylation is 1. The monoisotopic (exact) mass is 479 g/mol. The Balaban J connectivity index is 1.67. The lowest BCUT2D eigenvalue weighted by atomic mass is 9.83. The number of halogens is 1. The molecule has 2 aliphatic heterocycles. The Morgan fingerprint density at radius 2 is 2.12 bits per heavy atom. The Kier molecular flexibility index (Phi) is 4.47. The zero-order chi connectivity index (χ0) is 23.9. The lowest BCUT2D eigenvalue weighted by Gasteiger charge is -2.31. The largest absolute Gasteiger partial charge is 0.458 e. The predicted octanol–water partition coefficient (Wildman–Crippen LogP) is 2.86. The number of nitrogens with zero attached hydrogens (tertiary/aromatic N) is 2. The van der Waals surface area contributed by atoms with Crippen LogP contribution in [0.2, 0.25) is 5.02 Å². The van der Waals surface area contributed by atoms with Crippen LogP contribution in [0.3, 0.4) is 0 Å². The number of benzene rings is 1. The van der Waals surface area contributed by atoms with Crippen LogP contribution in [0, 0.1) is 0 Å². The van der Waals surface area contributed by atoms with Crippen molar-refractivity contribution in [3.63, 3.8) is 0 Å². The Morgan fingerprint density at radius 1 is 1.32 bits per heavy atom. The number of fused-ring (bicyclic) bond motifs is 5. The maximum Gasteiger partial charge on any atom is 0.343 e. The number of pyridine rings is 2. The normalized spacial score (nSPS) is 22.1. The molecule has 1 aromatic carbocycles. The van der Waals surface area contributed by atoms with E-state index in [1.165, 1.54) is 6.92 Å². The number of hydrogen-bond acceptors (Lipinski definition) is 6. The van der Waals surface area contributed by atoms with E-state index in [0.29, 0.717) is 28.3 Å². The molecule has 0 saturated carbocycles. The first-order valence-corrected chi connectivity index (χ1v) is 11.7. The molecule has 4 heterocycles. The van der Waals surface area contributed by atoms with Crippen molar-refractivity contribution in [3.8, 4) is 11.4 Å². The van der Waals surface area contributed by atoms with Crippen molar-refractivity contribution < 1.29 is 19.4 Å². The van der Waals surface area contributed by atoms with Gasteiger partial charge in [0.25, 0.3) is 5.56 Å². The molecule has 8 nitrogen and oxygen atoms in total. The van der Waals surface area contributed by atoms with Gasteiger partial charge in [0, 0.05) is 28.5 Å². The van der Waals surface area contributed by atoms with Crippen molar-refractivity contribution in [1.29, 1.82) is 0 Å². The minimum atomic E-state index is -1.88. The van der Waals surface area contributed by atoms with E-state index in [0.717, 1.165) is 28.5 Å². The molecule has 3 aromatic rings. The van der Waals surface area contributed by atoms with Crippen LogP contribution in [0.15, 0.2) is 23.0 Å². The molecule has 6 rings (SSSR count). The molecule has 0 bridgehead atoms. The number of aliphatic hydroxyl groups is 1. The Bertz CT molecular complexity index is 1510. The summed E-state index contributed by atoms with van der Waals surface area (Å²) in [4.78, 5) is 42.8. The number of carbonyl (C=O) groups is 2. The van der Waals surface area contributed by atoms with Crippen LogP contribution in [0.1, 0.15) is 60.5 Å². The van der Waals surface area contributed by atoms with E-state index in [2.05, 4.69) is 5.32 Å². The molecule has 2 atom stereocenters. The average molecular weight is 480 g/mol. The van der Waals surface area contributed by atoms with Gasteiger partial charge in [-0.05, 0) is 48.6 Å². The minimum Gasteiger partial charge on any atom is -0.458 e. The molecule has 2 N–H and O–H groups in total. The van der Waals surface area contributed by atoms with Gasteiger partial charge >= 0.3 is 5.97 Å². The van der Waals surface area contributed by atoms with Crippen LogP contribution in [0.25, 0.3) is 22.3 Å². The van der Waals surface area contributed by atoms with Crippen molar-refractivity contribution in [2.45, 2.75) is 57.9 Å². The van der Waals surface area contributed by atoms with Crippen molar-refractivity contribution in [1.82, 2.24) is 14.9 Å². The highest BCUT2D eigenvalue weighted by molar-refractivity contribution is 6.31. The van der Waals surface area contributed by atoms with Crippen molar-refractivity contribution in [3.05, 3.63) is 61.4 Å². The third kappa shape index (κ3) is 2.75. The fourth-order valence-electron chi connectivity index (χ4n) is 5.71. The fourth-order valence-corrected chi connectivity index (χ4v) is 5.95. The molecule has 174 valence electrons. The zero-order valence-electron chi connectivity index (χ0n) is 18.7. The number of hydrogen-bond donors (Lipinski definition) is 2. The standard InChI is InChI=1S/C25H22ClN3O5/c1-3-25(33)16-8-19-22-14(9-29(19)23(31)15(16)10-34-24(25)32)21-17(27-11(2)30)5-4-12-6-13(26)7-18(28-22)20(12)21/h6-8,17,33H,3-5,9-10H2,1-2H3,(H,27,30)/t17?,25-/m0/s1. The lowest BCUT2D eigenvalue weighted by Crippen LogP contribution is -2.44. The first-order chi connectivity index (χ1) is 16.2. The van der Waals surface area contributed by atoms with Gasteiger partial charge in [0.1, 0.15) is 6.61 Å². The third-order valence-corrected chi connectivity index (χ3v) is 7.52. The van der Waals surface area contributed by atoms with Crippen LogP contribution < -0.4 is 10.9 Å². The smallest absolute Gasteiger partial charge is 0.343 e. The summed E-state index contributed by atoms with van der Waals surface area (Å²) in [5.41, 5.74) is 3.06. The van der Waals surface area contributed by atoms with Crippen molar-refractivity contribution in [2.75, 3.05) is 0 Å². The molecule has 34 heavy (non-hydrogen) atoms. The number of ether oxygens (including phenoxy) is 1. The van der Waals surface area contributed by atoms with Crippen LogP contribution in [0.4, 0.5) is 0 Å². The summed E-state index contributed by atoms with van der Waals surface area (Å²) in [7, 11) is 0. The highest BCUT2D eigenvalue weighted by Crippen LogP contribution is 2.45. The van der Waals surface area contributed by atoms with Gasteiger partial charge < -0.3 is 19.7 Å². The van der Waals surface area contributed by atoms with Gasteiger partial charge in [-0.2, -0.15) is 0 Å². The number of esters is 1. The van der Waals surface area contributed by atoms with Gasteiger partial charge in [-0.15, -0.1) is 0 Å². The molecule has 2 aromatic heterocycles. The second-order valence-electron chi connectivity index (χ2n) is 9.21. The first-order valence-electron chi connectivity index (χ1n) is 11.3. The summed E-state index contributed by atoms with van der Waals surface area (Å²) in [5, 5.41) is 15.7. The first kappa shape index (κ1) is 21.3. The van der Waals surface area contributed by atoms with Gasteiger partial charge in [0.15, 0.2) is 5.60 Å². The third-order valence-electron chi connectivity index (χ3n) is 7.31. The van der Waals surface area contributed by atoms with E-state index >= 15 is 0 Å². The van der Waals surface area contributed by atoms with Gasteiger partial charge in [0.2, 0.25) is 5.91 Å². The van der Waals surface area contributed by atoms with Gasteiger partial charge in [-0.3, -0.25) is 9.59 Å². The number of aromatic nitrogens is 2. The highest BCUT2D eigenvalue weighted by Gasteiger charge is 2.45. The van der Waals surface area contributed by atoms with Crippen LogP contribution in [-0.4, -0.2) is 26.5 Å². The molecule has 0 saturated heterocycles. The molecule has 1 amide bonds. The SMILES string of the molecule is CC[C@@]1(O)C(=O)OCc2c1cc1n(c2=O)Cc2c-1nc1cc(Cl)cc3c1c2C(NC(C)=O)CC3. The summed E-state index contributed by atoms with van der Waals surface area (Å²) in [6.45, 7) is 3.27. The van der Waals surface area contributed by atoms with Crippen molar-refractivity contribution in [2.24, 2.45) is 0 Å². The number of carbonyl (C=O) groups excluding carboxylic acids is 2. The molecule has 9 heteroatoms. The summed E-state index contributed by atoms with van der Waals surface area (Å²) in [5.74, 6) is -0.887. The second-order valence-corrected chi connectivity index (χ2v) is 9.64. The fraction of sp³-hybridized carbons (Fsp3) is 0.360. The molecular formula is C25H22ClN3O5. The number of nitrogens with one attached hydrogen (secondary N) is 1. The minimum absolute atomic E-state index is 0.0779. The van der Waals surface area contributed by atoms with Crippen LogP contribution in [0.5, 0.6) is 0 Å². The van der Waals surface area contributed by atoms with E-state index in [4.69, 9.17) is 21.3 Å². The molecule has 0 fully saturated rings. The molecule has 0 spiro atoms. The quantitative estimate of drug-likeness (QED) is 0.428. The number of rotatable bonds is 2. The molecule has 3 aliphatic rings. The predicted molar refractivity (Wildman–Crippen MR) is 124 cm³/mol. The zero-order valence-corrected chi connectivity index (χ0v) is 19.5.